The number of nitrogens with zero attached hydrogens (tertiary/aromatic N) is 1. The number of likely N-dealkylation sites (tertiary alicyclic amines) is 1. The van der Waals surface area contributed by atoms with E-state index in [1.54, 1.807) is 0 Å². The lowest BCUT2D eigenvalue weighted by molar-refractivity contribution is 0.147. The minimum absolute atomic E-state index is 0.579. The number of ether oxygens (including phenoxy) is 1. The third-order valence-corrected chi connectivity index (χ3v) is 2.78. The van der Waals surface area contributed by atoms with Crippen molar-refractivity contribution in [1.82, 2.24) is 4.90 Å². The second kappa shape index (κ2) is 3.11. The SMILES string of the molecule is CC1CCCCN1CC1CO1. The van der Waals surface area contributed by atoms with E-state index in [-0.39, 0.29) is 0 Å². The van der Waals surface area contributed by atoms with Crippen LogP contribution in [0.5, 0.6) is 0 Å². The molecule has 0 aromatic rings. The minimum atomic E-state index is 0.579. The number of piperidine rings is 1. The van der Waals surface area contributed by atoms with Crippen LogP contribution in [0.3, 0.4) is 0 Å². The van der Waals surface area contributed by atoms with Gasteiger partial charge in [0.1, 0.15) is 0 Å². The highest BCUT2D eigenvalue weighted by Crippen LogP contribution is 2.19. The van der Waals surface area contributed by atoms with Crippen molar-refractivity contribution in [3.05, 3.63) is 0 Å². The summed E-state index contributed by atoms with van der Waals surface area (Å²) >= 11 is 0. The molecule has 2 nitrogen and oxygen atoms in total. The summed E-state index contributed by atoms with van der Waals surface area (Å²) in [5.41, 5.74) is 0. The van der Waals surface area contributed by atoms with Crippen molar-refractivity contribution in [2.24, 2.45) is 0 Å². The molecule has 2 heteroatoms. The molecule has 2 fully saturated rings. The molecule has 2 rings (SSSR count). The maximum Gasteiger partial charge on any atom is 0.0936 e. The molecule has 2 aliphatic heterocycles. The molecule has 2 atom stereocenters. The summed E-state index contributed by atoms with van der Waals surface area (Å²) in [6.45, 7) is 5.81. The van der Waals surface area contributed by atoms with E-state index in [0.717, 1.165) is 12.6 Å². The first kappa shape index (κ1) is 7.56. The first-order chi connectivity index (χ1) is 5.36. The summed E-state index contributed by atoms with van der Waals surface area (Å²) in [7, 11) is 0. The van der Waals surface area contributed by atoms with Gasteiger partial charge in [-0.25, -0.2) is 0 Å². The molecule has 2 saturated heterocycles. The van der Waals surface area contributed by atoms with E-state index in [9.17, 15) is 0 Å². The zero-order valence-electron chi connectivity index (χ0n) is 7.25. The zero-order chi connectivity index (χ0) is 7.68. The van der Waals surface area contributed by atoms with Gasteiger partial charge in [-0.3, -0.25) is 4.90 Å². The number of epoxide rings is 1. The predicted octanol–water partition coefficient (Wildman–Crippen LogP) is 1.26. The van der Waals surface area contributed by atoms with Crippen LogP contribution in [0, 0.1) is 0 Å². The molecule has 64 valence electrons. The second-order valence-corrected chi connectivity index (χ2v) is 3.80. The van der Waals surface area contributed by atoms with Gasteiger partial charge in [-0.15, -0.1) is 0 Å². The fourth-order valence-electron chi connectivity index (χ4n) is 1.86. The fourth-order valence-corrected chi connectivity index (χ4v) is 1.86. The highest BCUT2D eigenvalue weighted by Gasteiger charge is 2.28. The van der Waals surface area contributed by atoms with E-state index in [4.69, 9.17) is 4.74 Å². The minimum Gasteiger partial charge on any atom is -0.372 e. The van der Waals surface area contributed by atoms with Crippen LogP contribution in [0.4, 0.5) is 0 Å². The van der Waals surface area contributed by atoms with Crippen LogP contribution in [0.1, 0.15) is 26.2 Å². The Balaban J connectivity index is 1.78. The average Bonchev–Trinajstić information content (AvgIpc) is 2.78. The molecule has 0 N–H and O–H groups in total. The Morgan fingerprint density at radius 2 is 2.27 bits per heavy atom. The molecule has 0 aromatic carbocycles. The third kappa shape index (κ3) is 1.94. The molecule has 0 aromatic heterocycles. The molecule has 2 heterocycles. The quantitative estimate of drug-likeness (QED) is 0.558. The second-order valence-electron chi connectivity index (χ2n) is 3.80. The Bertz CT molecular complexity index is 134. The molecule has 0 radical (unpaired) electrons. The van der Waals surface area contributed by atoms with Crippen molar-refractivity contribution in [1.29, 1.82) is 0 Å². The smallest absolute Gasteiger partial charge is 0.0936 e. The van der Waals surface area contributed by atoms with Gasteiger partial charge in [0.15, 0.2) is 0 Å². The summed E-state index contributed by atoms with van der Waals surface area (Å²) < 4.78 is 5.22. The summed E-state index contributed by atoms with van der Waals surface area (Å²) in [6, 6.07) is 0.799. The molecule has 0 saturated carbocycles. The lowest BCUT2D eigenvalue weighted by Crippen LogP contribution is -2.39. The van der Waals surface area contributed by atoms with E-state index < -0.39 is 0 Å². The Hall–Kier alpha value is -0.0800. The Morgan fingerprint density at radius 3 is 2.91 bits per heavy atom. The van der Waals surface area contributed by atoms with Crippen LogP contribution in [0.15, 0.2) is 0 Å². The molecule has 0 bridgehead atoms. The number of hydrogen-bond acceptors (Lipinski definition) is 2. The van der Waals surface area contributed by atoms with Gasteiger partial charge in [0.25, 0.3) is 0 Å². The predicted molar refractivity (Wildman–Crippen MR) is 44.6 cm³/mol. The van der Waals surface area contributed by atoms with E-state index in [2.05, 4.69) is 11.8 Å². The Kier molecular flexibility index (Phi) is 2.14. The lowest BCUT2D eigenvalue weighted by Gasteiger charge is -2.32. The van der Waals surface area contributed by atoms with Crippen LogP contribution in [0.2, 0.25) is 0 Å². The van der Waals surface area contributed by atoms with Crippen molar-refractivity contribution in [2.75, 3.05) is 19.7 Å². The summed E-state index contributed by atoms with van der Waals surface area (Å²) in [5.74, 6) is 0. The largest absolute Gasteiger partial charge is 0.372 e. The van der Waals surface area contributed by atoms with Gasteiger partial charge in [-0.05, 0) is 26.3 Å². The molecule has 11 heavy (non-hydrogen) atoms. The van der Waals surface area contributed by atoms with Gasteiger partial charge < -0.3 is 4.74 Å². The van der Waals surface area contributed by atoms with Crippen LogP contribution in [-0.2, 0) is 4.74 Å². The highest BCUT2D eigenvalue weighted by atomic mass is 16.6. The standard InChI is InChI=1S/C9H17NO/c1-8-4-2-3-5-10(8)6-9-7-11-9/h8-9H,2-7H2,1H3. The van der Waals surface area contributed by atoms with Gasteiger partial charge in [-0.1, -0.05) is 6.42 Å². The maximum absolute atomic E-state index is 5.22. The van der Waals surface area contributed by atoms with E-state index in [1.807, 2.05) is 0 Å². The van der Waals surface area contributed by atoms with E-state index >= 15 is 0 Å². The molecule has 2 aliphatic rings. The van der Waals surface area contributed by atoms with Gasteiger partial charge in [0.05, 0.1) is 12.7 Å². The van der Waals surface area contributed by atoms with Gasteiger partial charge >= 0.3 is 0 Å². The molecule has 2 unspecified atom stereocenters. The van der Waals surface area contributed by atoms with Crippen molar-refractivity contribution in [2.45, 2.75) is 38.3 Å². The summed E-state index contributed by atoms with van der Waals surface area (Å²) in [5, 5.41) is 0. The topological polar surface area (TPSA) is 15.8 Å². The van der Waals surface area contributed by atoms with Gasteiger partial charge in [0.2, 0.25) is 0 Å². The third-order valence-electron chi connectivity index (χ3n) is 2.78. The number of hydrogen-bond donors (Lipinski definition) is 0. The molecule has 0 amide bonds. The molecular weight excluding hydrogens is 138 g/mol. The van der Waals surface area contributed by atoms with Gasteiger partial charge in [0, 0.05) is 12.6 Å². The van der Waals surface area contributed by atoms with Gasteiger partial charge in [-0.2, -0.15) is 0 Å². The van der Waals surface area contributed by atoms with Crippen LogP contribution in [0.25, 0.3) is 0 Å². The summed E-state index contributed by atoms with van der Waals surface area (Å²) in [4.78, 5) is 2.57. The average molecular weight is 155 g/mol. The lowest BCUT2D eigenvalue weighted by atomic mass is 10.0. The Morgan fingerprint density at radius 1 is 1.45 bits per heavy atom. The van der Waals surface area contributed by atoms with E-state index in [1.165, 1.54) is 32.4 Å². The van der Waals surface area contributed by atoms with Crippen molar-refractivity contribution in [3.8, 4) is 0 Å². The van der Waals surface area contributed by atoms with Crippen molar-refractivity contribution < 1.29 is 4.74 Å². The summed E-state index contributed by atoms with van der Waals surface area (Å²) in [6.07, 6.45) is 4.77. The maximum atomic E-state index is 5.22. The molecule has 0 aliphatic carbocycles. The van der Waals surface area contributed by atoms with Crippen LogP contribution >= 0.6 is 0 Å². The zero-order valence-corrected chi connectivity index (χ0v) is 7.25. The highest BCUT2D eigenvalue weighted by molar-refractivity contribution is 4.80. The molecule has 0 spiro atoms. The van der Waals surface area contributed by atoms with Crippen LogP contribution in [-0.4, -0.2) is 36.7 Å². The van der Waals surface area contributed by atoms with Crippen molar-refractivity contribution in [3.63, 3.8) is 0 Å². The monoisotopic (exact) mass is 155 g/mol. The Labute approximate surface area is 68.5 Å². The first-order valence-electron chi connectivity index (χ1n) is 4.72. The first-order valence-corrected chi connectivity index (χ1v) is 4.72. The fraction of sp³-hybridized carbons (Fsp3) is 1.00. The van der Waals surface area contributed by atoms with E-state index in [0.29, 0.717) is 6.10 Å². The van der Waals surface area contributed by atoms with Crippen LogP contribution < -0.4 is 0 Å². The number of rotatable bonds is 2. The normalized spacial score (nSPS) is 39.0. The molecular formula is C9H17NO. The van der Waals surface area contributed by atoms with Crippen molar-refractivity contribution >= 4 is 0 Å².